The molecule has 0 fully saturated rings. The van der Waals surface area contributed by atoms with Crippen LogP contribution < -0.4 is 5.56 Å². The number of nitrogens with zero attached hydrogens (tertiary/aromatic N) is 1. The number of rotatable bonds is 0. The van der Waals surface area contributed by atoms with Gasteiger partial charge in [0.25, 0.3) is 5.56 Å². The summed E-state index contributed by atoms with van der Waals surface area (Å²) in [5, 5.41) is 8.91. The van der Waals surface area contributed by atoms with Gasteiger partial charge >= 0.3 is 0 Å². The van der Waals surface area contributed by atoms with Crippen molar-refractivity contribution in [3.05, 3.63) is 33.2 Å². The molecule has 3 nitrogen and oxygen atoms in total. The quantitative estimate of drug-likeness (QED) is 0.698. The molecule has 0 unspecified atom stereocenters. The molecule has 3 heteroatoms. The summed E-state index contributed by atoms with van der Waals surface area (Å²) in [7, 11) is 0. The predicted octanol–water partition coefficient (Wildman–Crippen LogP) is 1.91. The third-order valence-corrected chi connectivity index (χ3v) is 2.92. The highest BCUT2D eigenvalue weighted by Crippen LogP contribution is 2.15. The zero-order valence-electron chi connectivity index (χ0n) is 8.68. The van der Waals surface area contributed by atoms with E-state index < -0.39 is 0 Å². The van der Waals surface area contributed by atoms with E-state index in [0.29, 0.717) is 5.56 Å². The monoisotopic (exact) mass is 202 g/mol. The van der Waals surface area contributed by atoms with Gasteiger partial charge < -0.3 is 4.98 Å². The van der Waals surface area contributed by atoms with Gasteiger partial charge in [0, 0.05) is 5.69 Å². The van der Waals surface area contributed by atoms with Gasteiger partial charge in [-0.15, -0.1) is 0 Å². The Morgan fingerprint density at radius 3 is 2.67 bits per heavy atom. The molecule has 2 rings (SSSR count). The van der Waals surface area contributed by atoms with Crippen molar-refractivity contribution in [1.29, 1.82) is 5.26 Å². The molecular weight excluding hydrogens is 188 g/mol. The number of fused-ring (bicyclic) bond motifs is 2. The van der Waals surface area contributed by atoms with Gasteiger partial charge in [-0.3, -0.25) is 4.79 Å². The first-order chi connectivity index (χ1) is 7.31. The fourth-order valence-electron chi connectivity index (χ4n) is 2.11. The van der Waals surface area contributed by atoms with Crippen molar-refractivity contribution in [3.63, 3.8) is 0 Å². The molecule has 1 aliphatic rings. The summed E-state index contributed by atoms with van der Waals surface area (Å²) in [6.07, 6.45) is 6.40. The molecule has 1 N–H and O–H groups in total. The Labute approximate surface area is 88.8 Å². The molecule has 0 aromatic carbocycles. The highest BCUT2D eigenvalue weighted by Gasteiger charge is 2.10. The minimum atomic E-state index is -0.216. The van der Waals surface area contributed by atoms with Crippen LogP contribution in [0.25, 0.3) is 0 Å². The second kappa shape index (κ2) is 4.31. The van der Waals surface area contributed by atoms with Crippen LogP contribution >= 0.6 is 0 Å². The van der Waals surface area contributed by atoms with E-state index in [-0.39, 0.29) is 5.56 Å². The van der Waals surface area contributed by atoms with Crippen LogP contribution in [0.1, 0.15) is 42.5 Å². The Morgan fingerprint density at radius 2 is 1.93 bits per heavy atom. The molecule has 1 aromatic rings. The fraction of sp³-hybridized carbons (Fsp3) is 0.500. The number of hydrogen-bond donors (Lipinski definition) is 1. The van der Waals surface area contributed by atoms with E-state index in [0.717, 1.165) is 36.9 Å². The topological polar surface area (TPSA) is 56.6 Å². The molecule has 2 bridgehead atoms. The summed E-state index contributed by atoms with van der Waals surface area (Å²) in [6, 6.07) is 3.99. The lowest BCUT2D eigenvalue weighted by Crippen LogP contribution is -2.15. The van der Waals surface area contributed by atoms with Gasteiger partial charge in [-0.1, -0.05) is 12.8 Å². The molecule has 1 aliphatic carbocycles. The number of aromatic amines is 1. The molecule has 0 spiro atoms. The Balaban J connectivity index is 2.49. The molecule has 1 aromatic heterocycles. The maximum absolute atomic E-state index is 11.6. The number of nitriles is 1. The van der Waals surface area contributed by atoms with Crippen LogP contribution in [0.3, 0.4) is 0 Å². The lowest BCUT2D eigenvalue weighted by atomic mass is 10.0. The maximum atomic E-state index is 11.6. The summed E-state index contributed by atoms with van der Waals surface area (Å²) in [5.41, 5.74) is 2.00. The predicted molar refractivity (Wildman–Crippen MR) is 57.7 cm³/mol. The summed E-state index contributed by atoms with van der Waals surface area (Å²) in [6.45, 7) is 0. The van der Waals surface area contributed by atoms with Crippen molar-refractivity contribution in [3.8, 4) is 6.07 Å². The zero-order valence-corrected chi connectivity index (χ0v) is 8.68. The van der Waals surface area contributed by atoms with Crippen LogP contribution in [-0.4, -0.2) is 4.98 Å². The van der Waals surface area contributed by atoms with E-state index >= 15 is 0 Å². The van der Waals surface area contributed by atoms with E-state index in [4.69, 9.17) is 5.26 Å². The first kappa shape index (κ1) is 9.97. The van der Waals surface area contributed by atoms with E-state index in [1.807, 2.05) is 12.1 Å². The largest absolute Gasteiger partial charge is 0.325 e. The number of H-pyrrole nitrogens is 1. The van der Waals surface area contributed by atoms with Crippen LogP contribution in [0.5, 0.6) is 0 Å². The maximum Gasteiger partial charge on any atom is 0.266 e. The SMILES string of the molecule is N#Cc1c2cc([nH]c1=O)CCCCCC2. The normalized spacial score (nSPS) is 15.9. The highest BCUT2D eigenvalue weighted by atomic mass is 16.1. The first-order valence-corrected chi connectivity index (χ1v) is 5.46. The molecule has 0 aliphatic heterocycles. The van der Waals surface area contributed by atoms with Crippen molar-refractivity contribution in [2.75, 3.05) is 0 Å². The zero-order chi connectivity index (χ0) is 10.7. The molecule has 15 heavy (non-hydrogen) atoms. The van der Waals surface area contributed by atoms with Crippen molar-refractivity contribution >= 4 is 0 Å². The minimum absolute atomic E-state index is 0.216. The Morgan fingerprint density at radius 1 is 1.20 bits per heavy atom. The van der Waals surface area contributed by atoms with E-state index in [2.05, 4.69) is 4.98 Å². The van der Waals surface area contributed by atoms with Gasteiger partial charge in [0.2, 0.25) is 0 Å². The second-order valence-corrected chi connectivity index (χ2v) is 4.05. The molecule has 0 atom stereocenters. The second-order valence-electron chi connectivity index (χ2n) is 4.05. The average Bonchev–Trinajstić information content (AvgIpc) is 2.30. The van der Waals surface area contributed by atoms with Crippen molar-refractivity contribution in [2.45, 2.75) is 38.5 Å². The molecule has 1 heterocycles. The lowest BCUT2D eigenvalue weighted by Gasteiger charge is -2.03. The van der Waals surface area contributed by atoms with Gasteiger partial charge in [0.1, 0.15) is 11.6 Å². The third-order valence-electron chi connectivity index (χ3n) is 2.92. The van der Waals surface area contributed by atoms with Crippen molar-refractivity contribution in [1.82, 2.24) is 4.98 Å². The van der Waals surface area contributed by atoms with Crippen LogP contribution in [0.4, 0.5) is 0 Å². The van der Waals surface area contributed by atoms with Gasteiger partial charge in [-0.05, 0) is 37.3 Å². The van der Waals surface area contributed by atoms with Crippen LogP contribution in [0, 0.1) is 11.3 Å². The smallest absolute Gasteiger partial charge is 0.266 e. The molecular formula is C12H14N2O. The lowest BCUT2D eigenvalue weighted by molar-refractivity contribution is 0.646. The first-order valence-electron chi connectivity index (χ1n) is 5.46. The van der Waals surface area contributed by atoms with Gasteiger partial charge in [-0.2, -0.15) is 5.26 Å². The average molecular weight is 202 g/mol. The van der Waals surface area contributed by atoms with Gasteiger partial charge in [0.05, 0.1) is 0 Å². The number of pyridine rings is 1. The van der Waals surface area contributed by atoms with E-state index in [1.165, 1.54) is 12.8 Å². The van der Waals surface area contributed by atoms with Crippen LogP contribution in [-0.2, 0) is 12.8 Å². The standard InChI is InChI=1S/C12H14N2O/c13-8-11-9-5-3-1-2-4-6-10(7-9)14-12(11)15/h7H,1-6H2,(H,14,15). The Bertz CT molecular complexity index is 454. The van der Waals surface area contributed by atoms with Crippen LogP contribution in [0.2, 0.25) is 0 Å². The van der Waals surface area contributed by atoms with Crippen molar-refractivity contribution in [2.24, 2.45) is 0 Å². The molecule has 0 radical (unpaired) electrons. The Hall–Kier alpha value is -1.56. The number of nitrogens with one attached hydrogen (secondary N) is 1. The van der Waals surface area contributed by atoms with Gasteiger partial charge in [0.15, 0.2) is 0 Å². The minimum Gasteiger partial charge on any atom is -0.325 e. The molecule has 78 valence electrons. The van der Waals surface area contributed by atoms with Crippen LogP contribution in [0.15, 0.2) is 10.9 Å². The highest BCUT2D eigenvalue weighted by molar-refractivity contribution is 5.36. The number of aromatic nitrogens is 1. The van der Waals surface area contributed by atoms with E-state index in [9.17, 15) is 4.79 Å². The summed E-state index contributed by atoms with van der Waals surface area (Å²) in [4.78, 5) is 14.4. The molecule has 0 amide bonds. The van der Waals surface area contributed by atoms with Gasteiger partial charge in [-0.25, -0.2) is 0 Å². The Kier molecular flexibility index (Phi) is 2.86. The number of hydrogen-bond acceptors (Lipinski definition) is 2. The van der Waals surface area contributed by atoms with E-state index in [1.54, 1.807) is 0 Å². The summed E-state index contributed by atoms with van der Waals surface area (Å²) < 4.78 is 0. The molecule has 0 saturated carbocycles. The summed E-state index contributed by atoms with van der Waals surface area (Å²) >= 11 is 0. The summed E-state index contributed by atoms with van der Waals surface area (Å²) in [5.74, 6) is 0. The molecule has 0 saturated heterocycles. The fourth-order valence-corrected chi connectivity index (χ4v) is 2.11. The van der Waals surface area contributed by atoms with Crippen molar-refractivity contribution < 1.29 is 0 Å². The number of aryl methyl sites for hydroxylation is 2. The third kappa shape index (κ3) is 2.10.